The number of hydrogen-bond donors (Lipinski definition) is 2. The number of ether oxygens (including phenoxy) is 2. The summed E-state index contributed by atoms with van der Waals surface area (Å²) >= 11 is 0. The lowest BCUT2D eigenvalue weighted by molar-refractivity contribution is -0.161. The molecule has 1 heterocycles. The van der Waals surface area contributed by atoms with Crippen LogP contribution in [0.5, 0.6) is 5.75 Å². The Morgan fingerprint density at radius 3 is 2.37 bits per heavy atom. The van der Waals surface area contributed by atoms with Gasteiger partial charge < -0.3 is 20.1 Å². The zero-order valence-corrected chi connectivity index (χ0v) is 17.8. The van der Waals surface area contributed by atoms with Crippen LogP contribution in [0.15, 0.2) is 54.6 Å². The number of rotatable bonds is 10. The van der Waals surface area contributed by atoms with Crippen molar-refractivity contribution >= 4 is 11.9 Å². The fourth-order valence-corrected chi connectivity index (χ4v) is 3.64. The maximum absolute atomic E-state index is 12.0. The van der Waals surface area contributed by atoms with Crippen molar-refractivity contribution < 1.29 is 19.1 Å². The SMILES string of the molecule is CCC1(CC)C(=O)N[C@@H]1Oc1ccc([C@H](C)NCC(=O)OCc2ccccc2)cc1. The lowest BCUT2D eigenvalue weighted by Gasteiger charge is -2.47. The van der Waals surface area contributed by atoms with Gasteiger partial charge in [0.05, 0.1) is 6.54 Å². The number of amides is 1. The van der Waals surface area contributed by atoms with Gasteiger partial charge >= 0.3 is 5.97 Å². The van der Waals surface area contributed by atoms with E-state index in [4.69, 9.17) is 9.47 Å². The van der Waals surface area contributed by atoms with Gasteiger partial charge in [-0.2, -0.15) is 0 Å². The van der Waals surface area contributed by atoms with Crippen molar-refractivity contribution in [1.82, 2.24) is 10.6 Å². The summed E-state index contributed by atoms with van der Waals surface area (Å²) in [6.45, 7) is 6.43. The average Bonchev–Trinajstić information content (AvgIpc) is 2.78. The maximum atomic E-state index is 12.0. The molecule has 0 aliphatic carbocycles. The minimum Gasteiger partial charge on any atom is -0.470 e. The molecular formula is C24H30N2O4. The molecule has 0 aromatic heterocycles. The minimum atomic E-state index is -0.437. The highest BCUT2D eigenvalue weighted by molar-refractivity contribution is 5.89. The van der Waals surface area contributed by atoms with Gasteiger partial charge in [-0.3, -0.25) is 9.59 Å². The molecule has 6 heteroatoms. The second-order valence-electron chi connectivity index (χ2n) is 7.65. The molecule has 2 N–H and O–H groups in total. The summed E-state index contributed by atoms with van der Waals surface area (Å²) in [6, 6.07) is 17.3. The fourth-order valence-electron chi connectivity index (χ4n) is 3.64. The smallest absolute Gasteiger partial charge is 0.320 e. The maximum Gasteiger partial charge on any atom is 0.320 e. The van der Waals surface area contributed by atoms with E-state index in [1.165, 1.54) is 0 Å². The van der Waals surface area contributed by atoms with Gasteiger partial charge in [-0.1, -0.05) is 56.3 Å². The number of benzene rings is 2. The monoisotopic (exact) mass is 410 g/mol. The molecule has 0 saturated carbocycles. The molecule has 30 heavy (non-hydrogen) atoms. The highest BCUT2D eigenvalue weighted by Crippen LogP contribution is 2.39. The highest BCUT2D eigenvalue weighted by Gasteiger charge is 2.54. The summed E-state index contributed by atoms with van der Waals surface area (Å²) in [4.78, 5) is 23.9. The van der Waals surface area contributed by atoms with Crippen LogP contribution < -0.4 is 15.4 Å². The molecule has 3 rings (SSSR count). The van der Waals surface area contributed by atoms with Crippen LogP contribution in [0.4, 0.5) is 0 Å². The Hall–Kier alpha value is -2.86. The molecule has 0 radical (unpaired) electrons. The lowest BCUT2D eigenvalue weighted by Crippen LogP contribution is -2.69. The van der Waals surface area contributed by atoms with Gasteiger partial charge in [-0.15, -0.1) is 0 Å². The molecule has 1 fully saturated rings. The summed E-state index contributed by atoms with van der Waals surface area (Å²) in [5.41, 5.74) is 1.56. The Morgan fingerprint density at radius 2 is 1.77 bits per heavy atom. The number of esters is 1. The molecule has 0 spiro atoms. The quantitative estimate of drug-likeness (QED) is 0.461. The second-order valence-corrected chi connectivity index (χ2v) is 7.65. The number of carbonyl (C=O) groups is 2. The van der Waals surface area contributed by atoms with Crippen molar-refractivity contribution in [1.29, 1.82) is 0 Å². The van der Waals surface area contributed by atoms with Crippen LogP contribution in [0, 0.1) is 5.41 Å². The zero-order valence-electron chi connectivity index (χ0n) is 17.8. The average molecular weight is 411 g/mol. The summed E-state index contributed by atoms with van der Waals surface area (Å²) in [6.07, 6.45) is 1.21. The molecule has 0 unspecified atom stereocenters. The minimum absolute atomic E-state index is 0.0166. The van der Waals surface area contributed by atoms with Crippen molar-refractivity contribution in [2.24, 2.45) is 5.41 Å². The fraction of sp³-hybridized carbons (Fsp3) is 0.417. The summed E-state index contributed by atoms with van der Waals surface area (Å²) < 4.78 is 11.3. The molecule has 2 aromatic rings. The third-order valence-electron chi connectivity index (χ3n) is 5.91. The van der Waals surface area contributed by atoms with Gasteiger partial charge in [0, 0.05) is 6.04 Å². The van der Waals surface area contributed by atoms with Gasteiger partial charge in [0.25, 0.3) is 0 Å². The molecular weight excluding hydrogens is 380 g/mol. The molecule has 1 amide bonds. The Morgan fingerprint density at radius 1 is 1.10 bits per heavy atom. The number of β-lactam (4-membered cyclic amide) rings is 1. The summed E-state index contributed by atoms with van der Waals surface area (Å²) in [5, 5.41) is 6.04. The van der Waals surface area contributed by atoms with Crippen LogP contribution in [-0.2, 0) is 20.9 Å². The molecule has 1 aliphatic rings. The second kappa shape index (κ2) is 9.76. The molecule has 0 bridgehead atoms. The van der Waals surface area contributed by atoms with E-state index in [-0.39, 0.29) is 37.3 Å². The topological polar surface area (TPSA) is 76.7 Å². The van der Waals surface area contributed by atoms with Crippen LogP contribution in [0.2, 0.25) is 0 Å². The van der Waals surface area contributed by atoms with Crippen LogP contribution in [0.25, 0.3) is 0 Å². The Balaban J connectivity index is 1.46. The molecule has 1 aliphatic heterocycles. The molecule has 2 atom stereocenters. The Kier molecular flexibility index (Phi) is 7.11. The number of hydrogen-bond acceptors (Lipinski definition) is 5. The highest BCUT2D eigenvalue weighted by atomic mass is 16.5. The van der Waals surface area contributed by atoms with Gasteiger partial charge in [-0.05, 0) is 43.0 Å². The third-order valence-corrected chi connectivity index (χ3v) is 5.91. The first-order valence-corrected chi connectivity index (χ1v) is 10.5. The third kappa shape index (κ3) is 4.82. The van der Waals surface area contributed by atoms with Gasteiger partial charge in [0.15, 0.2) is 6.23 Å². The van der Waals surface area contributed by atoms with E-state index >= 15 is 0 Å². The number of carbonyl (C=O) groups excluding carboxylic acids is 2. The largest absolute Gasteiger partial charge is 0.470 e. The van der Waals surface area contributed by atoms with E-state index in [0.717, 1.165) is 24.0 Å². The number of nitrogens with one attached hydrogen (secondary N) is 2. The van der Waals surface area contributed by atoms with Crippen molar-refractivity contribution in [2.45, 2.75) is 52.5 Å². The van der Waals surface area contributed by atoms with E-state index in [1.54, 1.807) is 0 Å². The first-order valence-electron chi connectivity index (χ1n) is 10.5. The normalized spacial score (nSPS) is 18.1. The van der Waals surface area contributed by atoms with Crippen molar-refractivity contribution in [3.63, 3.8) is 0 Å². The van der Waals surface area contributed by atoms with Gasteiger partial charge in [-0.25, -0.2) is 0 Å². The van der Waals surface area contributed by atoms with E-state index in [0.29, 0.717) is 5.75 Å². The zero-order chi connectivity index (χ0) is 21.6. The van der Waals surface area contributed by atoms with E-state index in [2.05, 4.69) is 10.6 Å². The molecule has 2 aromatic carbocycles. The van der Waals surface area contributed by atoms with Crippen LogP contribution in [-0.4, -0.2) is 24.6 Å². The van der Waals surface area contributed by atoms with Gasteiger partial charge in [0.2, 0.25) is 5.91 Å². The standard InChI is InChI=1S/C24H30N2O4/c1-4-24(5-2)22(28)26-23(24)30-20-13-11-19(12-14-20)17(3)25-15-21(27)29-16-18-9-7-6-8-10-18/h6-14,17,23,25H,4-5,15-16H2,1-3H3,(H,26,28)/t17-,23+/m0/s1. The Bertz CT molecular complexity index is 847. The summed E-state index contributed by atoms with van der Waals surface area (Å²) in [7, 11) is 0. The van der Waals surface area contributed by atoms with E-state index < -0.39 is 5.41 Å². The predicted molar refractivity (Wildman–Crippen MR) is 115 cm³/mol. The van der Waals surface area contributed by atoms with Crippen molar-refractivity contribution in [3.05, 3.63) is 65.7 Å². The van der Waals surface area contributed by atoms with E-state index in [1.807, 2.05) is 75.4 Å². The Labute approximate surface area is 178 Å². The van der Waals surface area contributed by atoms with Crippen molar-refractivity contribution in [3.8, 4) is 5.75 Å². The van der Waals surface area contributed by atoms with Gasteiger partial charge in [0.1, 0.15) is 17.8 Å². The van der Waals surface area contributed by atoms with Crippen LogP contribution >= 0.6 is 0 Å². The first kappa shape index (κ1) is 21.8. The van der Waals surface area contributed by atoms with E-state index in [9.17, 15) is 9.59 Å². The van der Waals surface area contributed by atoms with Crippen LogP contribution in [0.3, 0.4) is 0 Å². The van der Waals surface area contributed by atoms with Crippen LogP contribution in [0.1, 0.15) is 50.8 Å². The first-order chi connectivity index (χ1) is 14.5. The molecule has 6 nitrogen and oxygen atoms in total. The molecule has 160 valence electrons. The summed E-state index contributed by atoms with van der Waals surface area (Å²) in [5.74, 6) is 0.484. The van der Waals surface area contributed by atoms with Crippen molar-refractivity contribution in [2.75, 3.05) is 6.54 Å². The lowest BCUT2D eigenvalue weighted by atomic mass is 9.73. The predicted octanol–water partition coefficient (Wildman–Crippen LogP) is 3.72. The molecule has 1 saturated heterocycles.